The minimum absolute atomic E-state index is 0.357. The van der Waals surface area contributed by atoms with E-state index in [9.17, 15) is 5.11 Å². The number of rotatable bonds is 7. The Hall–Kier alpha value is -1.62. The van der Waals surface area contributed by atoms with Gasteiger partial charge in [0.25, 0.3) is 0 Å². The van der Waals surface area contributed by atoms with Gasteiger partial charge in [0.15, 0.2) is 0 Å². The van der Waals surface area contributed by atoms with Crippen LogP contribution < -0.4 is 10.1 Å². The fourth-order valence-corrected chi connectivity index (χ4v) is 2.53. The minimum Gasteiger partial charge on any atom is -0.496 e. The van der Waals surface area contributed by atoms with E-state index in [-0.39, 0.29) is 6.10 Å². The highest BCUT2D eigenvalue weighted by Gasteiger charge is 2.08. The second-order valence-electron chi connectivity index (χ2n) is 5.52. The lowest BCUT2D eigenvalue weighted by atomic mass is 10.0. The predicted molar refractivity (Wildman–Crippen MR) is 86.8 cm³/mol. The van der Waals surface area contributed by atoms with Crippen LogP contribution in [0.3, 0.4) is 0 Å². The van der Waals surface area contributed by atoms with E-state index in [1.54, 1.807) is 7.11 Å². The van der Waals surface area contributed by atoms with Gasteiger partial charge in [-0.15, -0.1) is 0 Å². The number of likely N-dealkylation sites (N-methyl/N-ethyl adjacent to an activating group) is 1. The van der Waals surface area contributed by atoms with Crippen molar-refractivity contribution in [3.05, 3.63) is 42.0 Å². The number of hydrogen-bond donors (Lipinski definition) is 2. The molecule has 4 heteroatoms. The van der Waals surface area contributed by atoms with E-state index in [1.807, 2.05) is 37.2 Å². The van der Waals surface area contributed by atoms with Crippen molar-refractivity contribution >= 4 is 10.8 Å². The second-order valence-corrected chi connectivity index (χ2v) is 5.52. The summed E-state index contributed by atoms with van der Waals surface area (Å²) in [5.74, 6) is 0.891. The summed E-state index contributed by atoms with van der Waals surface area (Å²) >= 11 is 0. The molecule has 114 valence electrons. The molecule has 0 amide bonds. The Labute approximate surface area is 126 Å². The molecule has 21 heavy (non-hydrogen) atoms. The van der Waals surface area contributed by atoms with Gasteiger partial charge in [-0.25, -0.2) is 0 Å². The Bertz CT molecular complexity index is 584. The Morgan fingerprint density at radius 1 is 1.14 bits per heavy atom. The van der Waals surface area contributed by atoms with Crippen molar-refractivity contribution in [1.29, 1.82) is 0 Å². The number of hydrogen-bond acceptors (Lipinski definition) is 4. The lowest BCUT2D eigenvalue weighted by molar-refractivity contribution is 0.134. The molecule has 0 saturated carbocycles. The molecule has 2 rings (SSSR count). The lowest BCUT2D eigenvalue weighted by Gasteiger charge is -2.17. The highest BCUT2D eigenvalue weighted by molar-refractivity contribution is 5.91. The zero-order chi connectivity index (χ0) is 15.2. The molecule has 0 aliphatic rings. The van der Waals surface area contributed by atoms with Crippen LogP contribution in [-0.2, 0) is 6.54 Å². The Morgan fingerprint density at radius 3 is 2.52 bits per heavy atom. The van der Waals surface area contributed by atoms with Gasteiger partial charge in [-0.2, -0.15) is 0 Å². The van der Waals surface area contributed by atoms with Crippen LogP contribution >= 0.6 is 0 Å². The first kappa shape index (κ1) is 15.8. The fourth-order valence-electron chi connectivity index (χ4n) is 2.53. The van der Waals surface area contributed by atoms with Crippen LogP contribution in [0.2, 0.25) is 0 Å². The third-order valence-corrected chi connectivity index (χ3v) is 3.47. The van der Waals surface area contributed by atoms with Gasteiger partial charge in [0.2, 0.25) is 0 Å². The average Bonchev–Trinajstić information content (AvgIpc) is 2.46. The SMILES string of the molecule is COc1ccc(CNCC(O)CN(C)C)c2ccccc12. The normalized spacial score (nSPS) is 12.8. The van der Waals surface area contributed by atoms with Crippen molar-refractivity contribution in [1.82, 2.24) is 10.2 Å². The van der Waals surface area contributed by atoms with E-state index in [0.717, 1.165) is 17.7 Å². The quantitative estimate of drug-likeness (QED) is 0.816. The predicted octanol–water partition coefficient (Wildman–Crippen LogP) is 1.86. The molecule has 0 aliphatic heterocycles. The van der Waals surface area contributed by atoms with Crippen LogP contribution in [0.15, 0.2) is 36.4 Å². The number of fused-ring (bicyclic) bond motifs is 1. The minimum atomic E-state index is -0.357. The van der Waals surface area contributed by atoms with Crippen LogP contribution in [0, 0.1) is 0 Å². The fraction of sp³-hybridized carbons (Fsp3) is 0.412. The first-order valence-electron chi connectivity index (χ1n) is 7.20. The summed E-state index contributed by atoms with van der Waals surface area (Å²) in [7, 11) is 5.61. The number of benzene rings is 2. The number of nitrogens with one attached hydrogen (secondary N) is 1. The van der Waals surface area contributed by atoms with Gasteiger partial charge in [-0.3, -0.25) is 0 Å². The Morgan fingerprint density at radius 2 is 1.86 bits per heavy atom. The van der Waals surface area contributed by atoms with E-state index >= 15 is 0 Å². The van der Waals surface area contributed by atoms with Crippen LogP contribution in [0.1, 0.15) is 5.56 Å². The molecule has 0 heterocycles. The number of ether oxygens (including phenoxy) is 1. The number of methoxy groups -OCH3 is 1. The van der Waals surface area contributed by atoms with E-state index < -0.39 is 0 Å². The van der Waals surface area contributed by atoms with Gasteiger partial charge < -0.3 is 20.1 Å². The average molecular weight is 288 g/mol. The van der Waals surface area contributed by atoms with Gasteiger partial charge in [0.1, 0.15) is 5.75 Å². The zero-order valence-corrected chi connectivity index (χ0v) is 13.0. The molecular weight excluding hydrogens is 264 g/mol. The maximum absolute atomic E-state index is 9.87. The highest BCUT2D eigenvalue weighted by atomic mass is 16.5. The molecule has 0 spiro atoms. The topological polar surface area (TPSA) is 44.7 Å². The molecule has 0 aromatic heterocycles. The molecule has 0 aliphatic carbocycles. The third-order valence-electron chi connectivity index (χ3n) is 3.47. The summed E-state index contributed by atoms with van der Waals surface area (Å²) in [6.45, 7) is 1.98. The Balaban J connectivity index is 2.06. The smallest absolute Gasteiger partial charge is 0.126 e. The van der Waals surface area contributed by atoms with Crippen molar-refractivity contribution in [3.63, 3.8) is 0 Å². The summed E-state index contributed by atoms with van der Waals surface area (Å²) in [5.41, 5.74) is 1.21. The monoisotopic (exact) mass is 288 g/mol. The molecular formula is C17H24N2O2. The first-order valence-corrected chi connectivity index (χ1v) is 7.20. The highest BCUT2D eigenvalue weighted by Crippen LogP contribution is 2.28. The Kier molecular flexibility index (Phi) is 5.56. The van der Waals surface area contributed by atoms with E-state index in [4.69, 9.17) is 4.74 Å². The molecule has 4 nitrogen and oxygen atoms in total. The van der Waals surface area contributed by atoms with Crippen LogP contribution in [0.25, 0.3) is 10.8 Å². The number of aliphatic hydroxyl groups is 1. The van der Waals surface area contributed by atoms with Gasteiger partial charge in [-0.05, 0) is 31.1 Å². The standard InChI is InChI=1S/C17H24N2O2/c1-19(2)12-14(20)11-18-10-13-8-9-17(21-3)16-7-5-4-6-15(13)16/h4-9,14,18,20H,10-12H2,1-3H3. The summed E-state index contributed by atoms with van der Waals surface area (Å²) in [4.78, 5) is 1.98. The van der Waals surface area contributed by atoms with Crippen molar-refractivity contribution in [2.45, 2.75) is 12.6 Å². The van der Waals surface area contributed by atoms with Gasteiger partial charge >= 0.3 is 0 Å². The van der Waals surface area contributed by atoms with Gasteiger partial charge in [-0.1, -0.05) is 30.3 Å². The zero-order valence-electron chi connectivity index (χ0n) is 13.0. The van der Waals surface area contributed by atoms with E-state index in [0.29, 0.717) is 13.1 Å². The van der Waals surface area contributed by atoms with Gasteiger partial charge in [0, 0.05) is 25.0 Å². The van der Waals surface area contributed by atoms with Crippen LogP contribution in [0.4, 0.5) is 0 Å². The molecule has 2 aromatic rings. The van der Waals surface area contributed by atoms with E-state index in [2.05, 4.69) is 23.5 Å². The number of aliphatic hydroxyl groups excluding tert-OH is 1. The first-order chi connectivity index (χ1) is 10.1. The number of nitrogens with zero attached hydrogens (tertiary/aromatic N) is 1. The molecule has 1 unspecified atom stereocenters. The van der Waals surface area contributed by atoms with Crippen molar-refractivity contribution in [2.24, 2.45) is 0 Å². The van der Waals surface area contributed by atoms with Crippen molar-refractivity contribution in [2.75, 3.05) is 34.3 Å². The molecule has 2 N–H and O–H groups in total. The summed E-state index contributed by atoms with van der Waals surface area (Å²) in [6.07, 6.45) is -0.357. The van der Waals surface area contributed by atoms with Crippen molar-refractivity contribution < 1.29 is 9.84 Å². The summed E-state index contributed by atoms with van der Waals surface area (Å²) in [5, 5.41) is 15.5. The second kappa shape index (κ2) is 7.41. The van der Waals surface area contributed by atoms with Crippen LogP contribution in [-0.4, -0.2) is 50.4 Å². The lowest BCUT2D eigenvalue weighted by Crippen LogP contribution is -2.34. The van der Waals surface area contributed by atoms with Crippen LogP contribution in [0.5, 0.6) is 5.75 Å². The molecule has 2 aromatic carbocycles. The van der Waals surface area contributed by atoms with E-state index in [1.165, 1.54) is 10.9 Å². The van der Waals surface area contributed by atoms with Crippen molar-refractivity contribution in [3.8, 4) is 5.75 Å². The molecule has 0 saturated heterocycles. The molecule has 0 fully saturated rings. The largest absolute Gasteiger partial charge is 0.496 e. The van der Waals surface area contributed by atoms with Gasteiger partial charge in [0.05, 0.1) is 13.2 Å². The molecule has 0 bridgehead atoms. The summed E-state index contributed by atoms with van der Waals surface area (Å²) < 4.78 is 5.40. The molecule has 0 radical (unpaired) electrons. The molecule has 1 atom stereocenters. The maximum atomic E-state index is 9.87. The summed E-state index contributed by atoms with van der Waals surface area (Å²) in [6, 6.07) is 12.3. The maximum Gasteiger partial charge on any atom is 0.126 e. The third kappa shape index (κ3) is 4.17.